The number of allylic oxidation sites excluding steroid dienone is 1. The van der Waals surface area contributed by atoms with E-state index in [4.69, 9.17) is 9.97 Å². The molecular weight excluding hydrogens is 651 g/mol. The molecule has 52 heavy (non-hydrogen) atoms. The van der Waals surface area contributed by atoms with Crippen LogP contribution in [0.1, 0.15) is 23.6 Å². The molecule has 9 rings (SSSR count). The fourth-order valence-corrected chi connectivity index (χ4v) is 8.27. The van der Waals surface area contributed by atoms with Crippen LogP contribution < -0.4 is 0 Å². The van der Waals surface area contributed by atoms with Gasteiger partial charge in [-0.15, -0.1) is 11.3 Å². The van der Waals surface area contributed by atoms with E-state index in [-0.39, 0.29) is 0 Å². The van der Waals surface area contributed by atoms with Gasteiger partial charge < -0.3 is 0 Å². The van der Waals surface area contributed by atoms with E-state index >= 15 is 0 Å². The Morgan fingerprint density at radius 3 is 2.27 bits per heavy atom. The van der Waals surface area contributed by atoms with Crippen molar-refractivity contribution >= 4 is 54.7 Å². The number of rotatable bonds is 7. The highest BCUT2D eigenvalue weighted by Gasteiger charge is 2.19. The normalized spacial score (nSPS) is 11.8. The van der Waals surface area contributed by atoms with Crippen LogP contribution in [0.2, 0.25) is 0 Å². The first kappa shape index (κ1) is 31.5. The van der Waals surface area contributed by atoms with Gasteiger partial charge in [0.15, 0.2) is 0 Å². The van der Waals surface area contributed by atoms with Crippen molar-refractivity contribution in [3.8, 4) is 44.1 Å². The molecule has 3 heterocycles. The molecular formula is C48H33N3S. The lowest BCUT2D eigenvalue weighted by Crippen LogP contribution is -1.95. The topological polar surface area (TPSA) is 38.7 Å². The van der Waals surface area contributed by atoms with Crippen molar-refractivity contribution in [2.45, 2.75) is 6.92 Å². The summed E-state index contributed by atoms with van der Waals surface area (Å²) < 4.78 is 1.16. The maximum absolute atomic E-state index is 5.17. The quantitative estimate of drug-likeness (QED) is 0.168. The van der Waals surface area contributed by atoms with Gasteiger partial charge in [0.2, 0.25) is 0 Å². The molecule has 0 bridgehead atoms. The number of fused-ring (bicyclic) bond motifs is 3. The molecule has 4 heteroatoms. The number of aromatic nitrogens is 3. The Bertz CT molecular complexity index is 2800. The largest absolute Gasteiger partial charge is 0.263 e. The summed E-state index contributed by atoms with van der Waals surface area (Å²) in [6.07, 6.45) is 9.96. The van der Waals surface area contributed by atoms with Gasteiger partial charge in [0, 0.05) is 46.1 Å². The Morgan fingerprint density at radius 1 is 0.635 bits per heavy atom. The molecule has 0 aliphatic heterocycles. The Kier molecular flexibility index (Phi) is 8.07. The minimum absolute atomic E-state index is 0.951. The summed E-state index contributed by atoms with van der Waals surface area (Å²) in [5, 5.41) is 5.52. The van der Waals surface area contributed by atoms with Crippen molar-refractivity contribution in [2.24, 2.45) is 0 Å². The molecule has 0 radical (unpaired) electrons. The lowest BCUT2D eigenvalue weighted by atomic mass is 9.87. The van der Waals surface area contributed by atoms with E-state index in [1.165, 1.54) is 5.39 Å². The predicted octanol–water partition coefficient (Wildman–Crippen LogP) is 13.2. The summed E-state index contributed by atoms with van der Waals surface area (Å²) in [6.45, 7) is 6.24. The third-order valence-corrected chi connectivity index (χ3v) is 10.9. The molecule has 0 saturated carbocycles. The summed E-state index contributed by atoms with van der Waals surface area (Å²) in [6, 6.07) is 49.5. The Balaban J connectivity index is 1.30. The van der Waals surface area contributed by atoms with Crippen LogP contribution in [0.3, 0.4) is 0 Å². The molecule has 0 aliphatic rings. The van der Waals surface area contributed by atoms with Crippen LogP contribution in [0.15, 0.2) is 171 Å². The molecule has 0 saturated heterocycles. The van der Waals surface area contributed by atoms with Gasteiger partial charge in [-0.1, -0.05) is 116 Å². The van der Waals surface area contributed by atoms with Gasteiger partial charge in [-0.25, -0.2) is 4.98 Å². The number of thiazole rings is 1. The maximum Gasteiger partial charge on any atom is 0.125 e. The second-order valence-corrected chi connectivity index (χ2v) is 13.9. The molecule has 0 unspecified atom stereocenters. The van der Waals surface area contributed by atoms with Crippen molar-refractivity contribution < 1.29 is 0 Å². The first-order valence-electron chi connectivity index (χ1n) is 17.4. The number of benzene rings is 6. The van der Waals surface area contributed by atoms with E-state index in [2.05, 4.69) is 158 Å². The lowest BCUT2D eigenvalue weighted by molar-refractivity contribution is 1.35. The molecule has 0 aliphatic carbocycles. The van der Waals surface area contributed by atoms with E-state index in [0.717, 1.165) is 92.7 Å². The molecule has 0 N–H and O–H groups in total. The summed E-state index contributed by atoms with van der Waals surface area (Å²) in [4.78, 5) is 14.8. The maximum atomic E-state index is 5.17. The Hall–Kier alpha value is -6.49. The predicted molar refractivity (Wildman–Crippen MR) is 221 cm³/mol. The van der Waals surface area contributed by atoms with Crippen LogP contribution in [0, 0.1) is 0 Å². The highest BCUT2D eigenvalue weighted by atomic mass is 32.1. The Morgan fingerprint density at radius 2 is 1.40 bits per heavy atom. The Labute approximate surface area is 307 Å². The summed E-state index contributed by atoms with van der Waals surface area (Å²) in [5.74, 6) is 0. The number of pyridine rings is 2. The molecule has 0 spiro atoms. The number of hydrogen-bond donors (Lipinski definition) is 0. The van der Waals surface area contributed by atoms with Crippen molar-refractivity contribution in [3.63, 3.8) is 0 Å². The zero-order valence-electron chi connectivity index (χ0n) is 28.6. The SMILES string of the molecule is C=Cc1ccccc1/C(=C\C)c1cc(-c2ccc(-c3nccc4ccccc34)c(-c3nc4ccccc4s3)c2)cc(-c2cncc3ccccc23)c1. The van der Waals surface area contributed by atoms with Crippen molar-refractivity contribution in [3.05, 3.63) is 187 Å². The standard InChI is InChI=1S/C48H33N3S/c1-3-31-13-5-8-16-39(31)38(4-2)36-25-35(26-37(27-36)44-30-49-29-34-15-7-9-17-40(34)44)33-21-22-42(47-41-18-10-6-14-32(41)23-24-50-47)43(28-33)48-51-45-19-11-12-20-46(45)52-48/h3-30H,1H2,2H3/b38-4-. The third-order valence-electron chi connectivity index (χ3n) is 9.79. The fourth-order valence-electron chi connectivity index (χ4n) is 7.28. The van der Waals surface area contributed by atoms with Crippen molar-refractivity contribution in [1.82, 2.24) is 15.0 Å². The van der Waals surface area contributed by atoms with Crippen LogP contribution in [-0.4, -0.2) is 15.0 Å². The van der Waals surface area contributed by atoms with E-state index in [0.29, 0.717) is 0 Å². The van der Waals surface area contributed by atoms with Gasteiger partial charge in [-0.05, 0) is 99.1 Å². The number of nitrogens with zero attached hydrogens (tertiary/aromatic N) is 3. The van der Waals surface area contributed by atoms with Crippen LogP contribution in [0.5, 0.6) is 0 Å². The van der Waals surface area contributed by atoms with Crippen LogP contribution in [0.4, 0.5) is 0 Å². The molecule has 246 valence electrons. The van der Waals surface area contributed by atoms with Crippen molar-refractivity contribution in [1.29, 1.82) is 0 Å². The monoisotopic (exact) mass is 683 g/mol. The van der Waals surface area contributed by atoms with Crippen LogP contribution in [-0.2, 0) is 0 Å². The van der Waals surface area contributed by atoms with E-state index in [1.54, 1.807) is 11.3 Å². The molecule has 3 aromatic heterocycles. The minimum Gasteiger partial charge on any atom is -0.263 e. The average Bonchev–Trinajstić information content (AvgIpc) is 3.65. The fraction of sp³-hybridized carbons (Fsp3) is 0.0208. The van der Waals surface area contributed by atoms with Crippen molar-refractivity contribution in [2.75, 3.05) is 0 Å². The third kappa shape index (κ3) is 5.60. The van der Waals surface area contributed by atoms with Gasteiger partial charge in [-0.2, -0.15) is 0 Å². The van der Waals surface area contributed by atoms with Gasteiger partial charge in [-0.3, -0.25) is 9.97 Å². The summed E-state index contributed by atoms with van der Waals surface area (Å²) >= 11 is 1.72. The first-order chi connectivity index (χ1) is 25.7. The molecule has 0 atom stereocenters. The zero-order valence-corrected chi connectivity index (χ0v) is 29.4. The first-order valence-corrected chi connectivity index (χ1v) is 18.2. The lowest BCUT2D eigenvalue weighted by Gasteiger charge is -2.17. The second kappa shape index (κ2) is 13.3. The molecule has 6 aromatic carbocycles. The van der Waals surface area contributed by atoms with Gasteiger partial charge in [0.05, 0.1) is 15.9 Å². The van der Waals surface area contributed by atoms with E-state index < -0.39 is 0 Å². The van der Waals surface area contributed by atoms with Gasteiger partial charge in [0.25, 0.3) is 0 Å². The van der Waals surface area contributed by atoms with Crippen LogP contribution in [0.25, 0.3) is 87.5 Å². The smallest absolute Gasteiger partial charge is 0.125 e. The molecule has 9 aromatic rings. The highest BCUT2D eigenvalue weighted by Crippen LogP contribution is 2.42. The molecule has 0 amide bonds. The average molecular weight is 684 g/mol. The summed E-state index contributed by atoms with van der Waals surface area (Å²) in [5.41, 5.74) is 13.0. The minimum atomic E-state index is 0.951. The van der Waals surface area contributed by atoms with E-state index in [9.17, 15) is 0 Å². The van der Waals surface area contributed by atoms with E-state index in [1.807, 2.05) is 30.7 Å². The zero-order chi connectivity index (χ0) is 35.0. The number of hydrogen-bond acceptors (Lipinski definition) is 4. The molecule has 0 fully saturated rings. The number of para-hydroxylation sites is 1. The second-order valence-electron chi connectivity index (χ2n) is 12.8. The highest BCUT2D eigenvalue weighted by molar-refractivity contribution is 7.21. The van der Waals surface area contributed by atoms with Gasteiger partial charge in [0.1, 0.15) is 5.01 Å². The van der Waals surface area contributed by atoms with Crippen LogP contribution >= 0.6 is 11.3 Å². The van der Waals surface area contributed by atoms with Gasteiger partial charge >= 0.3 is 0 Å². The summed E-state index contributed by atoms with van der Waals surface area (Å²) in [7, 11) is 0. The molecule has 3 nitrogen and oxygen atoms in total.